The summed E-state index contributed by atoms with van der Waals surface area (Å²) in [6.07, 6.45) is 2.65. The summed E-state index contributed by atoms with van der Waals surface area (Å²) in [4.78, 5) is 39.8. The summed E-state index contributed by atoms with van der Waals surface area (Å²) in [5.74, 6) is -1.42. The van der Waals surface area contributed by atoms with Crippen molar-refractivity contribution in [3.63, 3.8) is 0 Å². The molecule has 0 saturated heterocycles. The van der Waals surface area contributed by atoms with Crippen molar-refractivity contribution in [3.8, 4) is 0 Å². The number of fused-ring (bicyclic) bond motifs is 1. The maximum absolute atomic E-state index is 14.1. The van der Waals surface area contributed by atoms with Crippen LogP contribution in [0.3, 0.4) is 0 Å². The largest absolute Gasteiger partial charge is 0.462 e. The minimum atomic E-state index is -0.612. The highest BCUT2D eigenvalue weighted by molar-refractivity contribution is 8.00. The van der Waals surface area contributed by atoms with E-state index in [9.17, 15) is 18.8 Å². The molecule has 0 bridgehead atoms. The number of carbonyl (C=O) groups is 3. The number of anilines is 1. The SMILES string of the molecule is CCOC(=O)c1c(NC(=O)[C@@H](C)Sc2nnc(CNC(=O)c3ccccc3F)n2Cc2ccccc2)sc2c1CCC2. The van der Waals surface area contributed by atoms with Crippen LogP contribution in [-0.2, 0) is 35.5 Å². The number of esters is 1. The Labute approximate surface area is 250 Å². The van der Waals surface area contributed by atoms with E-state index in [4.69, 9.17) is 4.74 Å². The molecule has 2 heterocycles. The first-order valence-corrected chi connectivity index (χ1v) is 15.3. The molecular formula is C30H30FN5O4S2. The number of thioether (sulfide) groups is 1. The second kappa shape index (κ2) is 13.3. The zero-order valence-corrected chi connectivity index (χ0v) is 24.8. The fraction of sp³-hybridized carbons (Fsp3) is 0.300. The quantitative estimate of drug-likeness (QED) is 0.177. The molecule has 0 saturated carbocycles. The molecule has 0 aliphatic heterocycles. The number of carbonyl (C=O) groups excluding carboxylic acids is 3. The van der Waals surface area contributed by atoms with Gasteiger partial charge in [-0.25, -0.2) is 9.18 Å². The van der Waals surface area contributed by atoms with Gasteiger partial charge in [-0.3, -0.25) is 9.59 Å². The zero-order chi connectivity index (χ0) is 29.6. The topological polar surface area (TPSA) is 115 Å². The molecule has 9 nitrogen and oxygen atoms in total. The Morgan fingerprint density at radius 3 is 2.62 bits per heavy atom. The molecule has 1 atom stereocenters. The van der Waals surface area contributed by atoms with Gasteiger partial charge < -0.3 is 19.9 Å². The minimum Gasteiger partial charge on any atom is -0.462 e. The Balaban J connectivity index is 1.33. The molecule has 0 fully saturated rings. The lowest BCUT2D eigenvalue weighted by molar-refractivity contribution is -0.115. The van der Waals surface area contributed by atoms with E-state index < -0.39 is 22.9 Å². The number of aromatic nitrogens is 3. The fourth-order valence-corrected chi connectivity index (χ4v) is 6.85. The van der Waals surface area contributed by atoms with Crippen molar-refractivity contribution >= 4 is 45.9 Å². The molecule has 0 unspecified atom stereocenters. The third kappa shape index (κ3) is 6.55. The molecule has 1 aliphatic rings. The lowest BCUT2D eigenvalue weighted by Crippen LogP contribution is -2.26. The van der Waals surface area contributed by atoms with E-state index in [1.54, 1.807) is 19.9 Å². The van der Waals surface area contributed by atoms with E-state index in [1.165, 1.54) is 41.3 Å². The summed E-state index contributed by atoms with van der Waals surface area (Å²) >= 11 is 2.65. The van der Waals surface area contributed by atoms with Gasteiger partial charge in [-0.05, 0) is 56.4 Å². The second-order valence-corrected chi connectivity index (χ2v) is 12.1. The van der Waals surface area contributed by atoms with Gasteiger partial charge in [-0.2, -0.15) is 0 Å². The first kappa shape index (κ1) is 29.5. The molecule has 1 aliphatic carbocycles. The minimum absolute atomic E-state index is 0.0117. The summed E-state index contributed by atoms with van der Waals surface area (Å²) < 4.78 is 21.2. The summed E-state index contributed by atoms with van der Waals surface area (Å²) in [7, 11) is 0. The third-order valence-corrected chi connectivity index (χ3v) is 9.08. The zero-order valence-electron chi connectivity index (χ0n) is 23.2. The Hall–Kier alpha value is -4.03. The Morgan fingerprint density at radius 1 is 1.10 bits per heavy atom. The van der Waals surface area contributed by atoms with Crippen molar-refractivity contribution in [1.82, 2.24) is 20.1 Å². The van der Waals surface area contributed by atoms with Gasteiger partial charge in [0.15, 0.2) is 11.0 Å². The Bertz CT molecular complexity index is 1600. The van der Waals surface area contributed by atoms with Crippen LogP contribution < -0.4 is 10.6 Å². The molecule has 2 aromatic heterocycles. The fourth-order valence-electron chi connectivity index (χ4n) is 4.70. The van der Waals surface area contributed by atoms with Gasteiger partial charge in [0, 0.05) is 4.88 Å². The summed E-state index contributed by atoms with van der Waals surface area (Å²) in [6.45, 7) is 4.18. The molecule has 218 valence electrons. The summed E-state index contributed by atoms with van der Waals surface area (Å²) in [5.41, 5.74) is 2.34. The number of nitrogens with zero attached hydrogens (tertiary/aromatic N) is 3. The molecule has 5 rings (SSSR count). The van der Waals surface area contributed by atoms with E-state index in [0.717, 1.165) is 35.3 Å². The molecule has 2 N–H and O–H groups in total. The van der Waals surface area contributed by atoms with E-state index in [-0.39, 0.29) is 24.6 Å². The lowest BCUT2D eigenvalue weighted by Gasteiger charge is -2.15. The molecular weight excluding hydrogens is 577 g/mol. The monoisotopic (exact) mass is 607 g/mol. The summed E-state index contributed by atoms with van der Waals surface area (Å²) in [5, 5.41) is 14.7. The Morgan fingerprint density at radius 2 is 1.86 bits per heavy atom. The molecule has 2 amide bonds. The van der Waals surface area contributed by atoms with Gasteiger partial charge in [0.05, 0.1) is 36.1 Å². The second-order valence-electron chi connectivity index (χ2n) is 9.66. The standard InChI is InChI=1S/C30H30FN5O4S2/c1-3-40-29(39)25-21-13-9-15-23(21)42-28(25)33-26(37)18(2)41-30-35-34-24(36(30)17-19-10-5-4-6-11-19)16-32-27(38)20-12-7-8-14-22(20)31/h4-8,10-12,14,18H,3,9,13,15-17H2,1-2H3,(H,32,38)(H,33,37)/t18-/m1/s1. The first-order chi connectivity index (χ1) is 20.4. The molecule has 2 aromatic carbocycles. The molecule has 12 heteroatoms. The van der Waals surface area contributed by atoms with E-state index in [0.29, 0.717) is 28.1 Å². The highest BCUT2D eigenvalue weighted by atomic mass is 32.2. The highest BCUT2D eigenvalue weighted by Gasteiger charge is 2.30. The van der Waals surface area contributed by atoms with E-state index in [1.807, 2.05) is 34.9 Å². The van der Waals surface area contributed by atoms with Gasteiger partial charge in [0.1, 0.15) is 10.8 Å². The predicted octanol–water partition coefficient (Wildman–Crippen LogP) is 5.24. The number of aryl methyl sites for hydroxylation is 1. The van der Waals surface area contributed by atoms with Crippen LogP contribution in [-0.4, -0.2) is 44.4 Å². The number of hydrogen-bond acceptors (Lipinski definition) is 8. The van der Waals surface area contributed by atoms with Gasteiger partial charge in [0.2, 0.25) is 5.91 Å². The van der Waals surface area contributed by atoms with Gasteiger partial charge in [-0.15, -0.1) is 21.5 Å². The van der Waals surface area contributed by atoms with E-state index in [2.05, 4.69) is 20.8 Å². The first-order valence-electron chi connectivity index (χ1n) is 13.6. The smallest absolute Gasteiger partial charge is 0.341 e. The van der Waals surface area contributed by atoms with Crippen LogP contribution in [0.5, 0.6) is 0 Å². The number of nitrogens with one attached hydrogen (secondary N) is 2. The molecule has 0 radical (unpaired) electrons. The number of amides is 2. The van der Waals surface area contributed by atoms with Crippen LogP contribution in [0.4, 0.5) is 9.39 Å². The van der Waals surface area contributed by atoms with Crippen LogP contribution in [0.15, 0.2) is 59.8 Å². The number of rotatable bonds is 11. The van der Waals surface area contributed by atoms with Gasteiger partial charge in [-0.1, -0.05) is 54.2 Å². The number of hydrogen-bond donors (Lipinski definition) is 2. The average molecular weight is 608 g/mol. The Kier molecular flexibility index (Phi) is 9.33. The summed E-state index contributed by atoms with van der Waals surface area (Å²) in [6, 6.07) is 15.4. The van der Waals surface area contributed by atoms with Gasteiger partial charge >= 0.3 is 5.97 Å². The number of benzene rings is 2. The van der Waals surface area contributed by atoms with Crippen molar-refractivity contribution in [2.75, 3.05) is 11.9 Å². The van der Waals surface area contributed by atoms with Crippen molar-refractivity contribution in [1.29, 1.82) is 0 Å². The molecule has 4 aromatic rings. The normalized spacial score (nSPS) is 12.9. The van der Waals surface area contributed by atoms with Crippen molar-refractivity contribution in [2.24, 2.45) is 0 Å². The van der Waals surface area contributed by atoms with Gasteiger partial charge in [0.25, 0.3) is 5.91 Å². The van der Waals surface area contributed by atoms with Crippen molar-refractivity contribution in [2.45, 2.75) is 56.6 Å². The maximum atomic E-state index is 14.1. The number of thiophene rings is 1. The van der Waals surface area contributed by atoms with Crippen molar-refractivity contribution < 1.29 is 23.5 Å². The van der Waals surface area contributed by atoms with E-state index >= 15 is 0 Å². The predicted molar refractivity (Wildman–Crippen MR) is 159 cm³/mol. The van der Waals surface area contributed by atoms with Crippen LogP contribution in [0.2, 0.25) is 0 Å². The van der Waals surface area contributed by atoms with Crippen LogP contribution in [0.25, 0.3) is 0 Å². The van der Waals surface area contributed by atoms with Crippen LogP contribution in [0, 0.1) is 5.82 Å². The third-order valence-electron chi connectivity index (χ3n) is 6.79. The van der Waals surface area contributed by atoms with Crippen molar-refractivity contribution in [3.05, 3.63) is 93.4 Å². The number of halogens is 1. The number of ether oxygens (including phenoxy) is 1. The maximum Gasteiger partial charge on any atom is 0.341 e. The average Bonchev–Trinajstić information content (AvgIpc) is 3.68. The lowest BCUT2D eigenvalue weighted by atomic mass is 10.1. The van der Waals surface area contributed by atoms with Crippen LogP contribution >= 0.6 is 23.1 Å². The molecule has 42 heavy (non-hydrogen) atoms. The van der Waals surface area contributed by atoms with Crippen LogP contribution in [0.1, 0.15) is 62.8 Å². The highest BCUT2D eigenvalue weighted by Crippen LogP contribution is 2.40. The molecule has 0 spiro atoms.